The van der Waals surface area contributed by atoms with Crippen molar-refractivity contribution in [2.24, 2.45) is 0 Å². The van der Waals surface area contributed by atoms with Gasteiger partial charge in [0.1, 0.15) is 0 Å². The van der Waals surface area contributed by atoms with E-state index in [1.807, 2.05) is 24.3 Å². The van der Waals surface area contributed by atoms with Gasteiger partial charge in [0.15, 0.2) is 0 Å². The second-order valence-electron chi connectivity index (χ2n) is 3.19. The average Bonchev–Trinajstić information content (AvgIpc) is 2.26. The van der Waals surface area contributed by atoms with Crippen LogP contribution < -0.4 is 10.6 Å². The number of terminal acetylenes is 1. The maximum absolute atomic E-state index is 11.1. The zero-order valence-corrected chi connectivity index (χ0v) is 9.55. The first-order valence-electron chi connectivity index (χ1n) is 4.92. The van der Waals surface area contributed by atoms with Gasteiger partial charge in [-0.15, -0.1) is 6.42 Å². The minimum absolute atomic E-state index is 0.239. The van der Waals surface area contributed by atoms with Crippen LogP contribution in [0, 0.1) is 12.3 Å². The molecular formula is C12H13ClN2O. The first-order valence-corrected chi connectivity index (χ1v) is 5.30. The Morgan fingerprint density at radius 1 is 1.44 bits per heavy atom. The van der Waals surface area contributed by atoms with Gasteiger partial charge in [-0.2, -0.15) is 0 Å². The molecule has 2 N–H and O–H groups in total. The van der Waals surface area contributed by atoms with Gasteiger partial charge < -0.3 is 10.6 Å². The molecule has 1 aromatic carbocycles. The number of urea groups is 1. The molecule has 2 amide bonds. The minimum Gasteiger partial charge on any atom is -0.338 e. The van der Waals surface area contributed by atoms with E-state index in [-0.39, 0.29) is 12.6 Å². The number of rotatable bonds is 4. The molecule has 1 aromatic rings. The van der Waals surface area contributed by atoms with Crippen LogP contribution in [0.3, 0.4) is 0 Å². The molecular weight excluding hydrogens is 224 g/mol. The molecule has 16 heavy (non-hydrogen) atoms. The van der Waals surface area contributed by atoms with Gasteiger partial charge in [-0.05, 0) is 24.1 Å². The van der Waals surface area contributed by atoms with Crippen LogP contribution in [0.2, 0.25) is 5.02 Å². The average molecular weight is 237 g/mol. The zero-order valence-electron chi connectivity index (χ0n) is 8.79. The first-order chi connectivity index (χ1) is 7.72. The molecule has 0 spiro atoms. The molecule has 0 aliphatic rings. The lowest BCUT2D eigenvalue weighted by Gasteiger charge is -2.05. The number of amides is 2. The highest BCUT2D eigenvalue weighted by Gasteiger charge is 1.98. The number of carbonyl (C=O) groups is 1. The van der Waals surface area contributed by atoms with Gasteiger partial charge in [-0.3, -0.25) is 0 Å². The summed E-state index contributed by atoms with van der Waals surface area (Å²) in [6, 6.07) is 7.30. The second-order valence-corrected chi connectivity index (χ2v) is 3.63. The van der Waals surface area contributed by atoms with Gasteiger partial charge in [-0.25, -0.2) is 4.79 Å². The Bertz CT molecular complexity index is 398. The number of hydrogen-bond acceptors (Lipinski definition) is 1. The van der Waals surface area contributed by atoms with E-state index in [2.05, 4.69) is 16.6 Å². The van der Waals surface area contributed by atoms with Gasteiger partial charge in [0, 0.05) is 11.6 Å². The molecule has 0 heterocycles. The van der Waals surface area contributed by atoms with E-state index in [0.29, 0.717) is 11.6 Å². The Labute approximate surface area is 100 Å². The van der Waals surface area contributed by atoms with Crippen LogP contribution in [-0.4, -0.2) is 19.1 Å². The van der Waals surface area contributed by atoms with Crippen LogP contribution in [0.1, 0.15) is 5.56 Å². The van der Waals surface area contributed by atoms with Crippen LogP contribution in [0.25, 0.3) is 0 Å². The summed E-state index contributed by atoms with van der Waals surface area (Å²) in [5.74, 6) is 2.32. The Kier molecular flexibility index (Phi) is 5.24. The van der Waals surface area contributed by atoms with Crippen molar-refractivity contribution in [1.29, 1.82) is 0 Å². The highest BCUT2D eigenvalue weighted by Crippen LogP contribution is 2.10. The summed E-state index contributed by atoms with van der Waals surface area (Å²) in [5.41, 5.74) is 1.09. The maximum atomic E-state index is 11.1. The molecule has 84 valence electrons. The van der Waals surface area contributed by atoms with Crippen molar-refractivity contribution >= 4 is 17.6 Å². The first kappa shape index (κ1) is 12.4. The Balaban J connectivity index is 2.26. The summed E-state index contributed by atoms with van der Waals surface area (Å²) >= 11 is 5.83. The van der Waals surface area contributed by atoms with Gasteiger partial charge in [-0.1, -0.05) is 29.7 Å². The molecule has 0 aliphatic carbocycles. The molecule has 4 heteroatoms. The number of halogens is 1. The maximum Gasteiger partial charge on any atom is 0.315 e. The lowest BCUT2D eigenvalue weighted by Crippen LogP contribution is -2.36. The molecule has 0 bridgehead atoms. The van der Waals surface area contributed by atoms with Crippen LogP contribution in [0.4, 0.5) is 4.79 Å². The summed E-state index contributed by atoms with van der Waals surface area (Å²) in [6.07, 6.45) is 5.75. The van der Waals surface area contributed by atoms with Gasteiger partial charge >= 0.3 is 6.03 Å². The largest absolute Gasteiger partial charge is 0.338 e. The molecule has 0 saturated carbocycles. The monoisotopic (exact) mass is 236 g/mol. The van der Waals surface area contributed by atoms with Gasteiger partial charge in [0.25, 0.3) is 0 Å². The topological polar surface area (TPSA) is 41.1 Å². The van der Waals surface area contributed by atoms with Crippen molar-refractivity contribution in [3.8, 4) is 12.3 Å². The predicted molar refractivity (Wildman–Crippen MR) is 65.4 cm³/mol. The van der Waals surface area contributed by atoms with Crippen molar-refractivity contribution in [3.05, 3.63) is 34.9 Å². The normalized spacial score (nSPS) is 9.25. The fourth-order valence-electron chi connectivity index (χ4n) is 1.21. The Morgan fingerprint density at radius 2 is 2.25 bits per heavy atom. The van der Waals surface area contributed by atoms with E-state index in [1.54, 1.807) is 0 Å². The summed E-state index contributed by atoms with van der Waals surface area (Å²) in [5, 5.41) is 5.92. The number of nitrogens with one attached hydrogen (secondary N) is 2. The number of benzene rings is 1. The molecule has 0 fully saturated rings. The standard InChI is InChI=1S/C12H13ClN2O/c1-2-7-14-12(16)15-8-6-10-4-3-5-11(13)9-10/h1,3-5,9H,6-8H2,(H2,14,15,16). The van der Waals surface area contributed by atoms with Gasteiger partial charge in [0.05, 0.1) is 6.54 Å². The smallest absolute Gasteiger partial charge is 0.315 e. The third-order valence-corrected chi connectivity index (χ3v) is 2.17. The van der Waals surface area contributed by atoms with Crippen molar-refractivity contribution in [1.82, 2.24) is 10.6 Å². The SMILES string of the molecule is C#CCNC(=O)NCCc1cccc(Cl)c1. The van der Waals surface area contributed by atoms with E-state index in [4.69, 9.17) is 18.0 Å². The summed E-state index contributed by atoms with van der Waals surface area (Å²) in [7, 11) is 0. The Morgan fingerprint density at radius 3 is 2.94 bits per heavy atom. The van der Waals surface area contributed by atoms with Gasteiger partial charge in [0.2, 0.25) is 0 Å². The number of hydrogen-bond donors (Lipinski definition) is 2. The van der Waals surface area contributed by atoms with E-state index in [1.165, 1.54) is 0 Å². The number of carbonyl (C=O) groups excluding carboxylic acids is 1. The molecule has 0 aliphatic heterocycles. The summed E-state index contributed by atoms with van der Waals surface area (Å²) in [4.78, 5) is 11.1. The molecule has 0 atom stereocenters. The van der Waals surface area contributed by atoms with E-state index >= 15 is 0 Å². The molecule has 0 unspecified atom stereocenters. The fraction of sp³-hybridized carbons (Fsp3) is 0.250. The summed E-state index contributed by atoms with van der Waals surface area (Å²) in [6.45, 7) is 0.791. The van der Waals surface area contributed by atoms with Crippen LogP contribution in [0.15, 0.2) is 24.3 Å². The second kappa shape index (κ2) is 6.76. The molecule has 0 radical (unpaired) electrons. The molecule has 1 rings (SSSR count). The zero-order chi connectivity index (χ0) is 11.8. The van der Waals surface area contributed by atoms with E-state index < -0.39 is 0 Å². The molecule has 0 aromatic heterocycles. The Hall–Kier alpha value is -1.66. The lowest BCUT2D eigenvalue weighted by atomic mass is 10.1. The highest BCUT2D eigenvalue weighted by molar-refractivity contribution is 6.30. The van der Waals surface area contributed by atoms with Crippen LogP contribution in [0.5, 0.6) is 0 Å². The fourth-order valence-corrected chi connectivity index (χ4v) is 1.42. The van der Waals surface area contributed by atoms with Crippen molar-refractivity contribution in [2.45, 2.75) is 6.42 Å². The highest BCUT2D eigenvalue weighted by atomic mass is 35.5. The van der Waals surface area contributed by atoms with Crippen molar-refractivity contribution in [2.75, 3.05) is 13.1 Å². The van der Waals surface area contributed by atoms with Crippen LogP contribution >= 0.6 is 11.6 Å². The minimum atomic E-state index is -0.250. The lowest BCUT2D eigenvalue weighted by molar-refractivity contribution is 0.242. The molecule has 0 saturated heterocycles. The van der Waals surface area contributed by atoms with Crippen molar-refractivity contribution < 1.29 is 4.79 Å². The van der Waals surface area contributed by atoms with Crippen LogP contribution in [-0.2, 0) is 6.42 Å². The van der Waals surface area contributed by atoms with Crippen molar-refractivity contribution in [3.63, 3.8) is 0 Å². The van der Waals surface area contributed by atoms with E-state index in [9.17, 15) is 4.79 Å². The summed E-state index contributed by atoms with van der Waals surface area (Å²) < 4.78 is 0. The quantitative estimate of drug-likeness (QED) is 0.770. The third kappa shape index (κ3) is 4.72. The molecule has 3 nitrogen and oxygen atoms in total. The van der Waals surface area contributed by atoms with E-state index in [0.717, 1.165) is 12.0 Å². The third-order valence-electron chi connectivity index (χ3n) is 1.94. The predicted octanol–water partition coefficient (Wildman–Crippen LogP) is 1.81.